The second-order valence-corrected chi connectivity index (χ2v) is 21.5. The monoisotopic (exact) mass is 803 g/mol. The smallest absolute Gasteiger partial charge is 0.306 e. The van der Waals surface area contributed by atoms with Crippen LogP contribution in [0.4, 0.5) is 0 Å². The molecule has 0 aromatic carbocycles. The normalized spacial score (nSPS) is 50.4. The number of allylic oxidation sites excluding steroid dienone is 3. The van der Waals surface area contributed by atoms with Gasteiger partial charge < -0.3 is 35.6 Å². The van der Waals surface area contributed by atoms with Crippen molar-refractivity contribution in [2.45, 2.75) is 155 Å². The molecule has 0 aromatic rings. The molecule has 7 aliphatic carbocycles. The molecule has 1 heterocycles. The molecule has 0 amide bonds. The fourth-order valence-electron chi connectivity index (χ4n) is 14.9. The fraction of sp³-hybridized carbons (Fsp3) is 0.812. The molecule has 10 heteroatoms. The maximum absolute atomic E-state index is 14.7. The maximum atomic E-state index is 14.7. The van der Waals surface area contributed by atoms with Gasteiger partial charge in [0.15, 0.2) is 5.78 Å². The Morgan fingerprint density at radius 3 is 2.41 bits per heavy atom. The van der Waals surface area contributed by atoms with Crippen LogP contribution in [-0.2, 0) is 19.1 Å². The molecule has 18 atom stereocenters. The van der Waals surface area contributed by atoms with Crippen molar-refractivity contribution in [2.24, 2.45) is 75.9 Å². The van der Waals surface area contributed by atoms with Crippen molar-refractivity contribution in [2.75, 3.05) is 13.2 Å². The number of hydrogen-bond acceptors (Lipinski definition) is 10. The van der Waals surface area contributed by atoms with E-state index >= 15 is 0 Å². The summed E-state index contributed by atoms with van der Waals surface area (Å²) in [6.07, 6.45) is 7.16. The minimum atomic E-state index is -1.62. The second kappa shape index (κ2) is 15.1. The molecule has 8 aliphatic rings. The highest BCUT2D eigenvalue weighted by Crippen LogP contribution is 2.71. The number of ketones is 2. The topological polar surface area (TPSA) is 174 Å². The molecule has 0 radical (unpaired) electrons. The van der Waals surface area contributed by atoms with Crippen LogP contribution < -0.4 is 5.32 Å². The number of carbonyl (C=O) groups is 3. The molecular formula is C48H69NO9. The Morgan fingerprint density at radius 2 is 1.71 bits per heavy atom. The van der Waals surface area contributed by atoms with Crippen LogP contribution in [0.25, 0.3) is 0 Å². The highest BCUT2D eigenvalue weighted by atomic mass is 16.5. The lowest BCUT2D eigenvalue weighted by Gasteiger charge is -2.61. The summed E-state index contributed by atoms with van der Waals surface area (Å²) in [4.78, 5) is 39.6. The summed E-state index contributed by atoms with van der Waals surface area (Å²) in [5.74, 6) is 6.43. The van der Waals surface area contributed by atoms with Crippen molar-refractivity contribution >= 4 is 17.5 Å². The number of rotatable bonds is 4. The minimum Gasteiger partial charge on any atom is -0.465 e. The van der Waals surface area contributed by atoms with E-state index in [0.29, 0.717) is 62.0 Å². The van der Waals surface area contributed by atoms with E-state index in [0.717, 1.165) is 25.7 Å². The average molecular weight is 804 g/mol. The maximum Gasteiger partial charge on any atom is 0.306 e. The van der Waals surface area contributed by atoms with Crippen LogP contribution in [0.1, 0.15) is 125 Å². The van der Waals surface area contributed by atoms with Gasteiger partial charge in [-0.1, -0.05) is 45.3 Å². The van der Waals surface area contributed by atoms with Crippen molar-refractivity contribution in [3.63, 3.8) is 0 Å². The summed E-state index contributed by atoms with van der Waals surface area (Å²) in [7, 11) is 0. The molecule has 0 bridgehead atoms. The molecule has 320 valence electrons. The van der Waals surface area contributed by atoms with Gasteiger partial charge in [-0.25, -0.2) is 0 Å². The zero-order chi connectivity index (χ0) is 41.7. The van der Waals surface area contributed by atoms with Crippen LogP contribution in [0.2, 0.25) is 0 Å². The number of aliphatic hydroxyl groups is 5. The van der Waals surface area contributed by atoms with E-state index in [4.69, 9.17) is 4.74 Å². The first-order valence-electron chi connectivity index (χ1n) is 22.6. The summed E-state index contributed by atoms with van der Waals surface area (Å²) in [6.45, 7) is 12.0. The summed E-state index contributed by atoms with van der Waals surface area (Å²) in [5.41, 5.74) is -2.65. The van der Waals surface area contributed by atoms with Crippen molar-refractivity contribution in [3.05, 3.63) is 22.9 Å². The third kappa shape index (κ3) is 6.67. The van der Waals surface area contributed by atoms with E-state index in [1.807, 2.05) is 13.8 Å². The summed E-state index contributed by atoms with van der Waals surface area (Å²) < 4.78 is 5.55. The van der Waals surface area contributed by atoms with Gasteiger partial charge >= 0.3 is 5.97 Å². The first kappa shape index (κ1) is 42.2. The Morgan fingerprint density at radius 1 is 0.948 bits per heavy atom. The Labute approximate surface area is 345 Å². The van der Waals surface area contributed by atoms with E-state index in [1.165, 1.54) is 13.3 Å². The molecule has 58 heavy (non-hydrogen) atoms. The molecule has 0 spiro atoms. The van der Waals surface area contributed by atoms with Gasteiger partial charge in [-0.05, 0) is 137 Å². The summed E-state index contributed by atoms with van der Waals surface area (Å²) >= 11 is 0. The van der Waals surface area contributed by atoms with Crippen LogP contribution in [0, 0.1) is 87.8 Å². The molecular weight excluding hydrogens is 735 g/mol. The number of ether oxygens (including phenoxy) is 1. The van der Waals surface area contributed by atoms with Gasteiger partial charge in [0.1, 0.15) is 5.78 Å². The molecule has 10 nitrogen and oxygen atoms in total. The van der Waals surface area contributed by atoms with Gasteiger partial charge in [0.05, 0.1) is 54.8 Å². The standard InChI is InChI=1S/C48H69NO9/c1-25-10-11-28-12-13-32-26(2)17-39(53)47(6,56)44-30(9-7-8-29(18-34(32)33(28)16-25)31-19-40(54)58-24-31)21-48(57)41-35(14-15-46(44,48)5)45(4)22-38(52)37(51)20-36(45)43(55)42(41)49-23-27(3)50/h12,25-26,29-39,44,49,51-53,56-57H,9-11,13-24H2,1-6H3. The third-order valence-electron chi connectivity index (χ3n) is 18.0. The fourth-order valence-corrected chi connectivity index (χ4v) is 14.9. The van der Waals surface area contributed by atoms with E-state index < -0.39 is 52.2 Å². The molecule has 1 aliphatic heterocycles. The highest BCUT2D eigenvalue weighted by molar-refractivity contribution is 6.00. The van der Waals surface area contributed by atoms with Gasteiger partial charge in [-0.2, -0.15) is 0 Å². The molecule has 1 saturated heterocycles. The molecule has 8 rings (SSSR count). The lowest BCUT2D eigenvalue weighted by molar-refractivity contribution is -0.183. The predicted molar refractivity (Wildman–Crippen MR) is 217 cm³/mol. The number of fused-ring (bicyclic) bond motifs is 10. The van der Waals surface area contributed by atoms with Crippen LogP contribution in [0.5, 0.6) is 0 Å². The highest BCUT2D eigenvalue weighted by Gasteiger charge is 2.72. The van der Waals surface area contributed by atoms with E-state index in [1.54, 1.807) is 12.5 Å². The first-order chi connectivity index (χ1) is 27.3. The van der Waals surface area contributed by atoms with Crippen LogP contribution in [0.3, 0.4) is 0 Å². The van der Waals surface area contributed by atoms with Gasteiger partial charge in [-0.15, -0.1) is 5.92 Å². The van der Waals surface area contributed by atoms with E-state index in [-0.39, 0.29) is 84.5 Å². The van der Waals surface area contributed by atoms with Crippen molar-refractivity contribution in [1.82, 2.24) is 5.32 Å². The van der Waals surface area contributed by atoms with Crippen molar-refractivity contribution in [1.29, 1.82) is 0 Å². The van der Waals surface area contributed by atoms with Gasteiger partial charge in [0, 0.05) is 35.5 Å². The lowest BCUT2D eigenvalue weighted by atomic mass is 9.45. The molecule has 5 fully saturated rings. The molecule has 0 aromatic heterocycles. The largest absolute Gasteiger partial charge is 0.465 e. The summed E-state index contributed by atoms with van der Waals surface area (Å²) in [5, 5.41) is 64.0. The van der Waals surface area contributed by atoms with E-state index in [2.05, 4.69) is 37.1 Å². The second-order valence-electron chi connectivity index (χ2n) is 21.5. The van der Waals surface area contributed by atoms with Crippen LogP contribution in [-0.4, -0.2) is 85.7 Å². The summed E-state index contributed by atoms with van der Waals surface area (Å²) in [6, 6.07) is 0. The number of nitrogens with one attached hydrogen (secondary N) is 1. The average Bonchev–Trinajstić information content (AvgIpc) is 3.69. The number of carbonyl (C=O) groups excluding carboxylic acids is 3. The first-order valence-corrected chi connectivity index (χ1v) is 22.6. The zero-order valence-electron chi connectivity index (χ0n) is 35.6. The van der Waals surface area contributed by atoms with Gasteiger partial charge in [0.25, 0.3) is 0 Å². The van der Waals surface area contributed by atoms with E-state index in [9.17, 15) is 39.9 Å². The van der Waals surface area contributed by atoms with Gasteiger partial charge in [0.2, 0.25) is 0 Å². The Kier molecular flexibility index (Phi) is 11.0. The molecule has 18 unspecified atom stereocenters. The number of esters is 1. The number of hydrogen-bond donors (Lipinski definition) is 6. The SMILES string of the molecule is CC(=O)CNC1=C2C(CCC3(C)C4C(CC#CC(C5COC(=O)C5)CC5C6CC(C)CCC6=CCC5C(C)CC(O)C4(C)O)CC23O)C2(C)CC(O)C(O)CC2C1=O. The van der Waals surface area contributed by atoms with Crippen molar-refractivity contribution in [3.8, 4) is 11.8 Å². The van der Waals surface area contributed by atoms with Crippen LogP contribution >= 0.6 is 0 Å². The van der Waals surface area contributed by atoms with Crippen molar-refractivity contribution < 1.29 is 44.7 Å². The number of aliphatic hydroxyl groups excluding tert-OH is 3. The van der Waals surface area contributed by atoms with Crippen LogP contribution in [0.15, 0.2) is 22.9 Å². The Hall–Kier alpha value is -2.55. The minimum absolute atomic E-state index is 0.0130. The van der Waals surface area contributed by atoms with Gasteiger partial charge in [-0.3, -0.25) is 14.4 Å². The lowest BCUT2D eigenvalue weighted by Crippen LogP contribution is -2.64. The Bertz CT molecular complexity index is 1810. The number of cyclic esters (lactones) is 1. The zero-order valence-corrected chi connectivity index (χ0v) is 35.6. The predicted octanol–water partition coefficient (Wildman–Crippen LogP) is 5.04. The molecule has 6 N–H and O–H groups in total. The molecule has 4 saturated carbocycles. The number of Topliss-reactive ketones (excluding diaryl/α,β-unsaturated/α-hetero) is 2. The third-order valence-corrected chi connectivity index (χ3v) is 18.0. The quantitative estimate of drug-likeness (QED) is 0.129. The Balaban J connectivity index is 1.23.